The van der Waals surface area contributed by atoms with Gasteiger partial charge < -0.3 is 5.32 Å². The summed E-state index contributed by atoms with van der Waals surface area (Å²) in [7, 11) is 0. The third-order valence-corrected chi connectivity index (χ3v) is 3.79. The van der Waals surface area contributed by atoms with Crippen molar-refractivity contribution in [3.05, 3.63) is 21.9 Å². The average Bonchev–Trinajstić information content (AvgIpc) is 2.91. The van der Waals surface area contributed by atoms with Gasteiger partial charge >= 0.3 is 0 Å². The Kier molecular flexibility index (Phi) is 10.6. The molecule has 1 N–H and O–H groups in total. The summed E-state index contributed by atoms with van der Waals surface area (Å²) in [6.45, 7) is 10.0. The predicted molar refractivity (Wildman–Crippen MR) is 86.1 cm³/mol. The number of hydrogen-bond donors (Lipinski definition) is 1. The van der Waals surface area contributed by atoms with Crippen LogP contribution in [0.1, 0.15) is 75.0 Å². The molecule has 0 bridgehead atoms. The topological polar surface area (TPSA) is 29.1 Å². The van der Waals surface area contributed by atoms with Crippen LogP contribution >= 0.6 is 11.3 Å². The van der Waals surface area contributed by atoms with Gasteiger partial charge in [0.15, 0.2) is 0 Å². The summed E-state index contributed by atoms with van der Waals surface area (Å²) in [5.74, 6) is 0.103. The molecule has 1 aliphatic rings. The lowest BCUT2D eigenvalue weighted by Crippen LogP contribution is -2.35. The lowest BCUT2D eigenvalue weighted by molar-refractivity contribution is 0.0928. The Morgan fingerprint density at radius 3 is 2.21 bits per heavy atom. The van der Waals surface area contributed by atoms with Gasteiger partial charge in [-0.1, -0.05) is 47.0 Å². The summed E-state index contributed by atoms with van der Waals surface area (Å²) in [4.78, 5) is 13.0. The van der Waals surface area contributed by atoms with Crippen molar-refractivity contribution in [1.82, 2.24) is 5.32 Å². The second-order valence-electron chi connectivity index (χ2n) is 4.25. The smallest absolute Gasteiger partial charge is 0.252 e. The van der Waals surface area contributed by atoms with E-state index in [1.807, 2.05) is 46.1 Å². The van der Waals surface area contributed by atoms with Crippen LogP contribution in [0.3, 0.4) is 0 Å². The van der Waals surface area contributed by atoms with Gasteiger partial charge in [-0.25, -0.2) is 0 Å². The van der Waals surface area contributed by atoms with Crippen LogP contribution in [0.25, 0.3) is 0 Å². The highest BCUT2D eigenvalue weighted by Crippen LogP contribution is 2.19. The van der Waals surface area contributed by atoms with E-state index in [9.17, 15) is 4.79 Å². The number of amides is 1. The maximum atomic E-state index is 11.8. The molecule has 0 radical (unpaired) electrons. The molecule has 1 fully saturated rings. The van der Waals surface area contributed by atoms with Gasteiger partial charge in [-0.2, -0.15) is 0 Å². The van der Waals surface area contributed by atoms with E-state index >= 15 is 0 Å². The lowest BCUT2D eigenvalue weighted by atomic mass is 9.95. The van der Waals surface area contributed by atoms with Crippen LogP contribution < -0.4 is 5.32 Å². The van der Waals surface area contributed by atoms with E-state index in [4.69, 9.17) is 0 Å². The van der Waals surface area contributed by atoms with Crippen molar-refractivity contribution in [2.24, 2.45) is 0 Å². The minimum Gasteiger partial charge on any atom is -0.349 e. The predicted octanol–water partition coefficient (Wildman–Crippen LogP) is 5.17. The van der Waals surface area contributed by atoms with Gasteiger partial charge in [-0.05, 0) is 25.8 Å². The number of aryl methyl sites for hydroxylation is 1. The van der Waals surface area contributed by atoms with Crippen molar-refractivity contribution in [3.8, 4) is 0 Å². The molecule has 0 saturated heterocycles. The van der Waals surface area contributed by atoms with Crippen LogP contribution in [0, 0.1) is 6.92 Å². The Morgan fingerprint density at radius 2 is 1.74 bits per heavy atom. The molecule has 19 heavy (non-hydrogen) atoms. The first-order valence-corrected chi connectivity index (χ1v) is 8.49. The summed E-state index contributed by atoms with van der Waals surface area (Å²) in [5.41, 5.74) is 0.822. The Hall–Kier alpha value is -0.830. The zero-order valence-electron chi connectivity index (χ0n) is 13.1. The maximum absolute atomic E-state index is 11.8. The first-order chi connectivity index (χ1) is 9.25. The van der Waals surface area contributed by atoms with Crippen LogP contribution in [-0.4, -0.2) is 11.9 Å². The lowest BCUT2D eigenvalue weighted by Gasteiger charge is -2.22. The van der Waals surface area contributed by atoms with Gasteiger partial charge in [0.25, 0.3) is 5.91 Å². The number of carbonyl (C=O) groups excluding carboxylic acids is 1. The minimum atomic E-state index is 0.103. The van der Waals surface area contributed by atoms with Crippen LogP contribution in [-0.2, 0) is 0 Å². The Labute approximate surface area is 122 Å². The molecule has 0 unspecified atom stereocenters. The first-order valence-electron chi connectivity index (χ1n) is 7.62. The molecule has 3 heteroatoms. The highest BCUT2D eigenvalue weighted by molar-refractivity contribution is 7.10. The molecule has 1 aromatic heterocycles. The molecule has 0 aliphatic heterocycles. The molecule has 1 heterocycles. The van der Waals surface area contributed by atoms with Crippen molar-refractivity contribution < 1.29 is 4.79 Å². The van der Waals surface area contributed by atoms with Gasteiger partial charge in [0.05, 0.1) is 5.56 Å². The number of thiophene rings is 1. The SMILES string of the molecule is CC.CC.Cc1cc(C(=O)NC2CCCCC2)cs1. The van der Waals surface area contributed by atoms with Crippen LogP contribution in [0.5, 0.6) is 0 Å². The molecule has 0 spiro atoms. The van der Waals surface area contributed by atoms with Crippen molar-refractivity contribution in [2.75, 3.05) is 0 Å². The second-order valence-corrected chi connectivity index (χ2v) is 5.37. The van der Waals surface area contributed by atoms with E-state index < -0.39 is 0 Å². The van der Waals surface area contributed by atoms with Crippen molar-refractivity contribution in [1.29, 1.82) is 0 Å². The largest absolute Gasteiger partial charge is 0.349 e. The molecule has 1 saturated carbocycles. The third kappa shape index (κ3) is 6.76. The molecule has 2 nitrogen and oxygen atoms in total. The standard InChI is InChI=1S/C12H17NOS.2C2H6/c1-9-7-10(8-15-9)12(14)13-11-5-3-2-4-6-11;2*1-2/h7-8,11H,2-6H2,1H3,(H,13,14);2*1-2H3. The molecule has 110 valence electrons. The van der Waals surface area contributed by atoms with Crippen molar-refractivity contribution in [3.63, 3.8) is 0 Å². The van der Waals surface area contributed by atoms with Gasteiger partial charge in [0, 0.05) is 16.3 Å². The molecule has 0 aromatic carbocycles. The monoisotopic (exact) mass is 283 g/mol. The summed E-state index contributed by atoms with van der Waals surface area (Å²) >= 11 is 1.63. The van der Waals surface area contributed by atoms with E-state index in [2.05, 4.69) is 5.32 Å². The molecular formula is C16H29NOS. The summed E-state index contributed by atoms with van der Waals surface area (Å²) in [6, 6.07) is 2.37. The number of nitrogens with one attached hydrogen (secondary N) is 1. The van der Waals surface area contributed by atoms with Crippen molar-refractivity contribution >= 4 is 17.2 Å². The first kappa shape index (κ1) is 18.2. The molecule has 2 rings (SSSR count). The molecule has 1 aromatic rings. The zero-order valence-corrected chi connectivity index (χ0v) is 13.9. The van der Waals surface area contributed by atoms with E-state index in [-0.39, 0.29) is 5.91 Å². The van der Waals surface area contributed by atoms with Gasteiger partial charge in [0.1, 0.15) is 0 Å². The number of carbonyl (C=O) groups is 1. The second kappa shape index (κ2) is 11.0. The van der Waals surface area contributed by atoms with E-state index in [0.29, 0.717) is 6.04 Å². The van der Waals surface area contributed by atoms with Gasteiger partial charge in [-0.3, -0.25) is 4.79 Å². The molecule has 1 amide bonds. The summed E-state index contributed by atoms with van der Waals surface area (Å²) in [6.07, 6.45) is 6.13. The Morgan fingerprint density at radius 1 is 1.16 bits per heavy atom. The van der Waals surface area contributed by atoms with Crippen molar-refractivity contribution in [2.45, 2.75) is 72.8 Å². The average molecular weight is 283 g/mol. The summed E-state index contributed by atoms with van der Waals surface area (Å²) < 4.78 is 0. The van der Waals surface area contributed by atoms with Crippen LogP contribution in [0.15, 0.2) is 11.4 Å². The molecular weight excluding hydrogens is 254 g/mol. The normalized spacial score (nSPS) is 14.6. The highest BCUT2D eigenvalue weighted by Gasteiger charge is 2.16. The fourth-order valence-corrected chi connectivity index (χ4v) is 2.76. The van der Waals surface area contributed by atoms with E-state index in [1.165, 1.54) is 24.1 Å². The van der Waals surface area contributed by atoms with Crippen LogP contribution in [0.4, 0.5) is 0 Å². The molecule has 0 atom stereocenters. The Bertz CT molecular complexity index is 340. The van der Waals surface area contributed by atoms with E-state index in [1.54, 1.807) is 11.3 Å². The number of rotatable bonds is 2. The minimum absolute atomic E-state index is 0.103. The summed E-state index contributed by atoms with van der Waals surface area (Å²) in [5, 5.41) is 5.05. The van der Waals surface area contributed by atoms with E-state index in [0.717, 1.165) is 18.4 Å². The third-order valence-electron chi connectivity index (χ3n) is 2.93. The number of hydrogen-bond acceptors (Lipinski definition) is 2. The zero-order chi connectivity index (χ0) is 14.7. The van der Waals surface area contributed by atoms with Crippen LogP contribution in [0.2, 0.25) is 0 Å². The molecule has 1 aliphatic carbocycles. The van der Waals surface area contributed by atoms with Gasteiger partial charge in [-0.15, -0.1) is 11.3 Å². The maximum Gasteiger partial charge on any atom is 0.252 e. The Balaban J connectivity index is 0.000000741. The fourth-order valence-electron chi connectivity index (χ4n) is 2.08. The quantitative estimate of drug-likeness (QED) is 0.797. The highest BCUT2D eigenvalue weighted by atomic mass is 32.1. The van der Waals surface area contributed by atoms with Gasteiger partial charge in [0.2, 0.25) is 0 Å². The fraction of sp³-hybridized carbons (Fsp3) is 0.688.